The lowest BCUT2D eigenvalue weighted by Crippen LogP contribution is -2.32. The molecule has 0 spiro atoms. The molecule has 3 aromatic carbocycles. The second kappa shape index (κ2) is 11.1. The highest BCUT2D eigenvalue weighted by Crippen LogP contribution is 2.33. The first-order valence-electron chi connectivity index (χ1n) is 10.1. The van der Waals surface area contributed by atoms with Crippen molar-refractivity contribution in [1.29, 1.82) is 0 Å². The molecule has 1 heterocycles. The Morgan fingerprint density at radius 1 is 1.03 bits per heavy atom. The molecule has 0 N–H and O–H groups in total. The second-order valence-electron chi connectivity index (χ2n) is 7.05. The summed E-state index contributed by atoms with van der Waals surface area (Å²) in [7, 11) is 0. The van der Waals surface area contributed by atoms with Crippen molar-refractivity contribution >= 4 is 69.1 Å². The summed E-state index contributed by atoms with van der Waals surface area (Å²) >= 11 is 8.99. The first kappa shape index (κ1) is 24.3. The van der Waals surface area contributed by atoms with Gasteiger partial charge < -0.3 is 9.47 Å². The van der Waals surface area contributed by atoms with Crippen molar-refractivity contribution < 1.29 is 23.9 Å². The van der Waals surface area contributed by atoms with Gasteiger partial charge in [0.05, 0.1) is 22.0 Å². The third-order valence-corrected chi connectivity index (χ3v) is 6.90. The minimum atomic E-state index is -0.471. The number of ether oxygens (including phenoxy) is 2. The van der Waals surface area contributed by atoms with E-state index in [0.717, 1.165) is 20.2 Å². The molecule has 1 aliphatic rings. The molecule has 6 nitrogen and oxygen atoms in total. The highest BCUT2D eigenvalue weighted by molar-refractivity contribution is 14.1. The molecule has 1 aliphatic heterocycles. The Labute approximate surface area is 219 Å². The predicted octanol–water partition coefficient (Wildman–Crippen LogP) is 6.28. The van der Waals surface area contributed by atoms with Crippen LogP contribution in [0.2, 0.25) is 5.02 Å². The predicted molar refractivity (Wildman–Crippen MR) is 140 cm³/mol. The molecular formula is C25H17ClINO5S. The Morgan fingerprint density at radius 2 is 1.79 bits per heavy atom. The van der Waals surface area contributed by atoms with Crippen LogP contribution in [0.5, 0.6) is 11.5 Å². The van der Waals surface area contributed by atoms with Crippen molar-refractivity contribution in [2.24, 2.45) is 0 Å². The van der Waals surface area contributed by atoms with E-state index in [0.29, 0.717) is 27.6 Å². The van der Waals surface area contributed by atoms with Crippen molar-refractivity contribution in [2.75, 3.05) is 13.2 Å². The molecular weight excluding hydrogens is 589 g/mol. The summed E-state index contributed by atoms with van der Waals surface area (Å²) in [4.78, 5) is 39.0. The normalized spacial score (nSPS) is 14.5. The molecule has 34 heavy (non-hydrogen) atoms. The number of amides is 2. The van der Waals surface area contributed by atoms with Gasteiger partial charge in [-0.25, -0.2) is 4.79 Å². The standard InChI is InChI=1S/C25H17ClINO5S/c26-19-9-2-4-11-21(19)32-13-12-28-23(29)22(34-25(28)31)15-16-6-5-7-17(14-16)33-24(30)18-8-1-3-10-20(18)27/h1-11,14-15H,12-13H2/b22-15-. The number of carbonyl (C=O) groups is 3. The van der Waals surface area contributed by atoms with Crippen molar-refractivity contribution in [2.45, 2.75) is 0 Å². The van der Waals surface area contributed by atoms with E-state index in [1.807, 2.05) is 12.1 Å². The maximum Gasteiger partial charge on any atom is 0.344 e. The van der Waals surface area contributed by atoms with E-state index in [9.17, 15) is 14.4 Å². The fraction of sp³-hybridized carbons (Fsp3) is 0.0800. The lowest BCUT2D eigenvalue weighted by atomic mass is 10.2. The van der Waals surface area contributed by atoms with E-state index in [2.05, 4.69) is 22.6 Å². The fourth-order valence-corrected chi connectivity index (χ4v) is 4.77. The molecule has 0 aromatic heterocycles. The molecule has 0 unspecified atom stereocenters. The SMILES string of the molecule is O=C(Oc1cccc(/C=C2\SC(=O)N(CCOc3ccccc3Cl)C2=O)c1)c1ccccc1I. The van der Waals surface area contributed by atoms with Gasteiger partial charge in [-0.05, 0) is 82.4 Å². The third kappa shape index (κ3) is 5.81. The van der Waals surface area contributed by atoms with Crippen LogP contribution in [0.4, 0.5) is 4.79 Å². The maximum absolute atomic E-state index is 12.8. The minimum Gasteiger partial charge on any atom is -0.490 e. The molecule has 1 fully saturated rings. The van der Waals surface area contributed by atoms with E-state index in [-0.39, 0.29) is 23.3 Å². The quantitative estimate of drug-likeness (QED) is 0.137. The summed E-state index contributed by atoms with van der Waals surface area (Å²) in [6, 6.07) is 20.9. The first-order valence-corrected chi connectivity index (χ1v) is 12.4. The molecule has 4 rings (SSSR count). The monoisotopic (exact) mass is 605 g/mol. The average Bonchev–Trinajstić information content (AvgIpc) is 3.08. The van der Waals surface area contributed by atoms with Crippen molar-refractivity contribution in [3.8, 4) is 11.5 Å². The summed E-state index contributed by atoms with van der Waals surface area (Å²) in [6.45, 7) is 0.222. The first-order chi connectivity index (χ1) is 16.4. The molecule has 0 bridgehead atoms. The van der Waals surface area contributed by atoms with Gasteiger partial charge in [-0.3, -0.25) is 14.5 Å². The highest BCUT2D eigenvalue weighted by atomic mass is 127. The Kier molecular flexibility index (Phi) is 7.91. The smallest absolute Gasteiger partial charge is 0.344 e. The van der Waals surface area contributed by atoms with Gasteiger partial charge in [0.25, 0.3) is 11.1 Å². The molecule has 0 atom stereocenters. The van der Waals surface area contributed by atoms with Crippen LogP contribution in [0, 0.1) is 3.57 Å². The molecule has 9 heteroatoms. The Bertz CT molecular complexity index is 1300. The van der Waals surface area contributed by atoms with Crippen LogP contribution in [0.3, 0.4) is 0 Å². The van der Waals surface area contributed by atoms with Crippen LogP contribution >= 0.6 is 46.0 Å². The number of halogens is 2. The highest BCUT2D eigenvalue weighted by Gasteiger charge is 2.34. The zero-order valence-corrected chi connectivity index (χ0v) is 21.3. The van der Waals surface area contributed by atoms with E-state index in [1.54, 1.807) is 66.7 Å². The lowest BCUT2D eigenvalue weighted by molar-refractivity contribution is -0.123. The van der Waals surface area contributed by atoms with Gasteiger partial charge in [-0.2, -0.15) is 0 Å². The van der Waals surface area contributed by atoms with E-state index < -0.39 is 11.9 Å². The Hall–Kier alpha value is -2.82. The zero-order chi connectivity index (χ0) is 24.1. The largest absolute Gasteiger partial charge is 0.490 e. The number of imide groups is 1. The summed E-state index contributed by atoms with van der Waals surface area (Å²) < 4.78 is 11.9. The van der Waals surface area contributed by atoms with Gasteiger partial charge in [0.2, 0.25) is 0 Å². The summed E-state index contributed by atoms with van der Waals surface area (Å²) in [6.07, 6.45) is 1.60. The van der Waals surface area contributed by atoms with Crippen LogP contribution in [0.15, 0.2) is 77.7 Å². The fourth-order valence-electron chi connectivity index (χ4n) is 3.11. The van der Waals surface area contributed by atoms with E-state index in [1.165, 1.54) is 0 Å². The summed E-state index contributed by atoms with van der Waals surface area (Å²) in [5.74, 6) is -0.0472. The summed E-state index contributed by atoms with van der Waals surface area (Å²) in [5.41, 5.74) is 1.10. The van der Waals surface area contributed by atoms with Gasteiger partial charge in [0.15, 0.2) is 0 Å². The van der Waals surface area contributed by atoms with Crippen LogP contribution in [0.25, 0.3) is 6.08 Å². The molecule has 2 amide bonds. The average molecular weight is 606 g/mol. The zero-order valence-electron chi connectivity index (χ0n) is 17.6. The Balaban J connectivity index is 1.41. The number of hydrogen-bond donors (Lipinski definition) is 0. The summed E-state index contributed by atoms with van der Waals surface area (Å²) in [5, 5.41) is 0.0827. The Morgan fingerprint density at radius 3 is 2.59 bits per heavy atom. The maximum atomic E-state index is 12.8. The van der Waals surface area contributed by atoms with Gasteiger partial charge in [-0.1, -0.05) is 48.0 Å². The minimum absolute atomic E-state index is 0.0978. The van der Waals surface area contributed by atoms with Gasteiger partial charge in [-0.15, -0.1) is 0 Å². The molecule has 3 aromatic rings. The molecule has 0 aliphatic carbocycles. The number of rotatable bonds is 7. The number of thioether (sulfide) groups is 1. The molecule has 172 valence electrons. The number of nitrogens with zero attached hydrogens (tertiary/aromatic N) is 1. The van der Waals surface area contributed by atoms with Crippen molar-refractivity contribution in [1.82, 2.24) is 4.90 Å². The van der Waals surface area contributed by atoms with Gasteiger partial charge in [0, 0.05) is 3.57 Å². The number of para-hydroxylation sites is 1. The van der Waals surface area contributed by atoms with Gasteiger partial charge in [0.1, 0.15) is 18.1 Å². The molecule has 0 radical (unpaired) electrons. The number of hydrogen-bond acceptors (Lipinski definition) is 6. The number of benzene rings is 3. The van der Waals surface area contributed by atoms with E-state index in [4.69, 9.17) is 21.1 Å². The van der Waals surface area contributed by atoms with Crippen molar-refractivity contribution in [3.05, 3.63) is 97.4 Å². The van der Waals surface area contributed by atoms with Crippen LogP contribution < -0.4 is 9.47 Å². The van der Waals surface area contributed by atoms with E-state index >= 15 is 0 Å². The topological polar surface area (TPSA) is 72.9 Å². The number of carbonyl (C=O) groups excluding carboxylic acids is 3. The van der Waals surface area contributed by atoms with Crippen LogP contribution in [-0.2, 0) is 4.79 Å². The number of esters is 1. The van der Waals surface area contributed by atoms with Gasteiger partial charge >= 0.3 is 5.97 Å². The third-order valence-electron chi connectivity index (χ3n) is 4.74. The second-order valence-corrected chi connectivity index (χ2v) is 9.62. The van der Waals surface area contributed by atoms with Crippen molar-refractivity contribution in [3.63, 3.8) is 0 Å². The molecule has 1 saturated heterocycles. The lowest BCUT2D eigenvalue weighted by Gasteiger charge is -2.13. The molecule has 0 saturated carbocycles. The van der Waals surface area contributed by atoms with Crippen LogP contribution in [-0.4, -0.2) is 35.2 Å². The van der Waals surface area contributed by atoms with Crippen LogP contribution in [0.1, 0.15) is 15.9 Å².